The molecule has 1 aromatic carbocycles. The van der Waals surface area contributed by atoms with Gasteiger partial charge < -0.3 is 15.4 Å². The zero-order valence-corrected chi connectivity index (χ0v) is 16.7. The highest BCUT2D eigenvalue weighted by atomic mass is 16.5. The lowest BCUT2D eigenvalue weighted by molar-refractivity contribution is -0.142. The Hall–Kier alpha value is -2.70. The topological polar surface area (TPSA) is 93.2 Å². The van der Waals surface area contributed by atoms with Crippen LogP contribution >= 0.6 is 0 Å². The summed E-state index contributed by atoms with van der Waals surface area (Å²) in [6.45, 7) is 4.15. The predicted octanol–water partition coefficient (Wildman–Crippen LogP) is 3.05. The number of hydrogen-bond donors (Lipinski definition) is 2. The quantitative estimate of drug-likeness (QED) is 0.713. The van der Waals surface area contributed by atoms with Gasteiger partial charge in [0.15, 0.2) is 5.82 Å². The number of fused-ring (bicyclic) bond motifs is 1. The van der Waals surface area contributed by atoms with E-state index in [-0.39, 0.29) is 30.3 Å². The molecule has 1 aliphatic carbocycles. The van der Waals surface area contributed by atoms with Crippen molar-refractivity contribution < 1.29 is 14.3 Å². The molecule has 2 N–H and O–H groups in total. The van der Waals surface area contributed by atoms with Crippen LogP contribution in [-0.4, -0.2) is 35.0 Å². The smallest absolute Gasteiger partial charge is 0.328 e. The Morgan fingerprint density at radius 3 is 2.57 bits per heavy atom. The molecule has 2 aromatic rings. The molecule has 1 atom stereocenters. The highest BCUT2D eigenvalue weighted by Gasteiger charge is 2.25. The van der Waals surface area contributed by atoms with Crippen LogP contribution in [-0.2, 0) is 20.9 Å². The van der Waals surface area contributed by atoms with Gasteiger partial charge in [0.1, 0.15) is 11.9 Å². The van der Waals surface area contributed by atoms with Gasteiger partial charge in [-0.05, 0) is 30.9 Å². The molecular weight excluding hydrogens is 356 g/mol. The van der Waals surface area contributed by atoms with Crippen molar-refractivity contribution in [3.05, 3.63) is 30.1 Å². The first-order valence-corrected chi connectivity index (χ1v) is 9.87. The number of benzene rings is 1. The maximum Gasteiger partial charge on any atom is 0.328 e. The summed E-state index contributed by atoms with van der Waals surface area (Å²) in [6, 6.07) is 7.09. The second-order valence-corrected chi connectivity index (χ2v) is 7.59. The second kappa shape index (κ2) is 8.99. The van der Waals surface area contributed by atoms with Crippen LogP contribution < -0.4 is 10.6 Å². The Labute approximate surface area is 165 Å². The van der Waals surface area contributed by atoms with Gasteiger partial charge in [-0.3, -0.25) is 4.79 Å². The van der Waals surface area contributed by atoms with Crippen molar-refractivity contribution in [2.45, 2.75) is 52.1 Å². The van der Waals surface area contributed by atoms with Crippen molar-refractivity contribution in [1.29, 1.82) is 0 Å². The molecule has 1 aliphatic rings. The first-order chi connectivity index (χ1) is 13.5. The normalized spacial score (nSPS) is 15.6. The molecule has 150 valence electrons. The zero-order chi connectivity index (χ0) is 20.1. The summed E-state index contributed by atoms with van der Waals surface area (Å²) < 4.78 is 4.92. The maximum absolute atomic E-state index is 12.3. The van der Waals surface area contributed by atoms with Gasteiger partial charge >= 0.3 is 5.97 Å². The SMILES string of the molecule is COC(=O)[C@@H](Nc1nc(CNC(=O)C2CCCC2)nc2ccccc12)C(C)C. The minimum Gasteiger partial charge on any atom is -0.467 e. The van der Waals surface area contributed by atoms with Crippen molar-refractivity contribution in [1.82, 2.24) is 15.3 Å². The van der Waals surface area contributed by atoms with E-state index in [0.717, 1.165) is 36.6 Å². The van der Waals surface area contributed by atoms with Gasteiger partial charge in [0.25, 0.3) is 0 Å². The van der Waals surface area contributed by atoms with Crippen molar-refractivity contribution in [2.75, 3.05) is 12.4 Å². The lowest BCUT2D eigenvalue weighted by Gasteiger charge is -2.21. The first-order valence-electron chi connectivity index (χ1n) is 9.87. The standard InChI is InChI=1S/C21H28N4O3/c1-13(2)18(21(27)28-3)25-19-15-10-6-7-11-16(15)23-17(24-19)12-22-20(26)14-8-4-5-9-14/h6-7,10-11,13-14,18H,4-5,8-9,12H2,1-3H3,(H,22,26)(H,23,24,25)/t18-/m0/s1. The Balaban J connectivity index is 1.84. The molecule has 28 heavy (non-hydrogen) atoms. The molecule has 1 aromatic heterocycles. The third-order valence-corrected chi connectivity index (χ3v) is 5.21. The second-order valence-electron chi connectivity index (χ2n) is 7.59. The largest absolute Gasteiger partial charge is 0.467 e. The first kappa shape index (κ1) is 20.0. The monoisotopic (exact) mass is 384 g/mol. The van der Waals surface area contributed by atoms with E-state index < -0.39 is 6.04 Å². The molecule has 0 unspecified atom stereocenters. The van der Waals surface area contributed by atoms with E-state index >= 15 is 0 Å². The molecule has 7 heteroatoms. The number of rotatable bonds is 7. The minimum absolute atomic E-state index is 0.0201. The van der Waals surface area contributed by atoms with Crippen molar-refractivity contribution in [3.8, 4) is 0 Å². The van der Waals surface area contributed by atoms with Crippen LogP contribution in [0.25, 0.3) is 10.9 Å². The Morgan fingerprint density at radius 2 is 1.89 bits per heavy atom. The summed E-state index contributed by atoms with van der Waals surface area (Å²) in [7, 11) is 1.38. The molecule has 0 spiro atoms. The number of amides is 1. The van der Waals surface area contributed by atoms with Crippen LogP contribution in [0.15, 0.2) is 24.3 Å². The number of hydrogen-bond acceptors (Lipinski definition) is 6. The van der Waals surface area contributed by atoms with Gasteiger partial charge in [0.05, 0.1) is 19.2 Å². The van der Waals surface area contributed by atoms with E-state index in [9.17, 15) is 9.59 Å². The molecule has 0 saturated heterocycles. The van der Waals surface area contributed by atoms with Crippen LogP contribution in [0.4, 0.5) is 5.82 Å². The van der Waals surface area contributed by atoms with Crippen molar-refractivity contribution in [2.24, 2.45) is 11.8 Å². The van der Waals surface area contributed by atoms with Gasteiger partial charge in [-0.15, -0.1) is 0 Å². The molecule has 1 saturated carbocycles. The number of carbonyl (C=O) groups excluding carboxylic acids is 2. The lowest BCUT2D eigenvalue weighted by atomic mass is 10.0. The minimum atomic E-state index is -0.524. The van der Waals surface area contributed by atoms with Gasteiger partial charge in [-0.1, -0.05) is 38.8 Å². The fourth-order valence-corrected chi connectivity index (χ4v) is 3.58. The summed E-state index contributed by atoms with van der Waals surface area (Å²) in [5.74, 6) is 0.932. The molecule has 0 radical (unpaired) electrons. The van der Waals surface area contributed by atoms with Gasteiger partial charge in [-0.25, -0.2) is 14.8 Å². The van der Waals surface area contributed by atoms with E-state index in [4.69, 9.17) is 4.74 Å². The number of aromatic nitrogens is 2. The van der Waals surface area contributed by atoms with E-state index in [0.29, 0.717) is 11.6 Å². The maximum atomic E-state index is 12.3. The molecule has 1 heterocycles. The number of para-hydroxylation sites is 1. The number of methoxy groups -OCH3 is 1. The molecule has 3 rings (SSSR count). The molecule has 0 aliphatic heterocycles. The molecule has 0 bridgehead atoms. The summed E-state index contributed by atoms with van der Waals surface area (Å²) in [4.78, 5) is 33.6. The van der Waals surface area contributed by atoms with E-state index in [1.165, 1.54) is 7.11 Å². The third-order valence-electron chi connectivity index (χ3n) is 5.21. The van der Waals surface area contributed by atoms with Crippen LogP contribution in [0, 0.1) is 11.8 Å². The summed E-state index contributed by atoms with van der Waals surface area (Å²) in [5.41, 5.74) is 0.762. The van der Waals surface area contributed by atoms with Crippen LogP contribution in [0.3, 0.4) is 0 Å². The Kier molecular flexibility index (Phi) is 6.44. The summed E-state index contributed by atoms with van der Waals surface area (Å²) in [5, 5.41) is 7.00. The average Bonchev–Trinajstić information content (AvgIpc) is 3.24. The molecule has 1 amide bonds. The van der Waals surface area contributed by atoms with Crippen LogP contribution in [0.1, 0.15) is 45.4 Å². The van der Waals surface area contributed by atoms with Crippen LogP contribution in [0.5, 0.6) is 0 Å². The summed E-state index contributed by atoms with van der Waals surface area (Å²) in [6.07, 6.45) is 4.13. The third kappa shape index (κ3) is 4.58. The number of nitrogens with one attached hydrogen (secondary N) is 2. The highest BCUT2D eigenvalue weighted by Crippen LogP contribution is 2.25. The average molecular weight is 384 g/mol. The highest BCUT2D eigenvalue weighted by molar-refractivity contribution is 5.91. The number of ether oxygens (including phenoxy) is 1. The van der Waals surface area contributed by atoms with E-state index in [1.54, 1.807) is 0 Å². The van der Waals surface area contributed by atoms with Crippen LogP contribution in [0.2, 0.25) is 0 Å². The van der Waals surface area contributed by atoms with Gasteiger partial charge in [-0.2, -0.15) is 0 Å². The van der Waals surface area contributed by atoms with Crippen molar-refractivity contribution in [3.63, 3.8) is 0 Å². The molecular formula is C21H28N4O3. The summed E-state index contributed by atoms with van der Waals surface area (Å²) >= 11 is 0. The number of nitrogens with zero attached hydrogens (tertiary/aromatic N) is 2. The fraction of sp³-hybridized carbons (Fsp3) is 0.524. The number of carbonyl (C=O) groups is 2. The van der Waals surface area contributed by atoms with Gasteiger partial charge in [0.2, 0.25) is 5.91 Å². The Bertz CT molecular complexity index is 847. The number of anilines is 1. The van der Waals surface area contributed by atoms with E-state index in [1.807, 2.05) is 38.1 Å². The van der Waals surface area contributed by atoms with E-state index in [2.05, 4.69) is 20.6 Å². The van der Waals surface area contributed by atoms with Gasteiger partial charge in [0, 0.05) is 11.3 Å². The lowest BCUT2D eigenvalue weighted by Crippen LogP contribution is -2.36. The zero-order valence-electron chi connectivity index (χ0n) is 16.7. The Morgan fingerprint density at radius 1 is 1.18 bits per heavy atom. The fourth-order valence-electron chi connectivity index (χ4n) is 3.58. The van der Waals surface area contributed by atoms with Crippen molar-refractivity contribution >= 4 is 28.6 Å². The molecule has 7 nitrogen and oxygen atoms in total. The molecule has 1 fully saturated rings. The predicted molar refractivity (Wildman–Crippen MR) is 108 cm³/mol. The number of esters is 1.